The molecule has 35 heavy (non-hydrogen) atoms. The topological polar surface area (TPSA) is 38.9 Å². The number of nitrogens with zero attached hydrogens (tertiary/aromatic N) is 2. The van der Waals surface area contributed by atoms with Gasteiger partial charge in [-0.2, -0.15) is 0 Å². The minimum atomic E-state index is 0. The Morgan fingerprint density at radius 3 is 2.20 bits per heavy atom. The number of rotatable bonds is 2. The molecule has 0 fully saturated rings. The van der Waals surface area contributed by atoms with Crippen molar-refractivity contribution in [1.29, 1.82) is 0 Å². The maximum atomic E-state index is 6.09. The van der Waals surface area contributed by atoms with Crippen LogP contribution in [0.2, 0.25) is 0 Å². The van der Waals surface area contributed by atoms with Crippen molar-refractivity contribution in [2.24, 2.45) is 0 Å². The minimum Gasteiger partial charge on any atom is -0.501 e. The van der Waals surface area contributed by atoms with Gasteiger partial charge in [0.25, 0.3) is 0 Å². The van der Waals surface area contributed by atoms with E-state index in [1.165, 1.54) is 16.7 Å². The van der Waals surface area contributed by atoms with Gasteiger partial charge in [-0.15, -0.1) is 53.6 Å². The van der Waals surface area contributed by atoms with Crippen molar-refractivity contribution in [2.45, 2.75) is 20.8 Å². The maximum Gasteiger partial charge on any atom is 0.121 e. The molecule has 1 radical (unpaired) electrons. The minimum absolute atomic E-state index is 0. The molecule has 0 unspecified atom stereocenters. The molecule has 0 N–H and O–H groups in total. The SMILES string of the molecule is Cc1cc[c-]c(-c2ccccn2)c1.Cc1ccnc(-c2[c-]ccc3c2oc2cc(C)ccc23)c1.[Ir]. The van der Waals surface area contributed by atoms with Crippen molar-refractivity contribution in [3.05, 3.63) is 120 Å². The maximum absolute atomic E-state index is 6.09. The van der Waals surface area contributed by atoms with Crippen LogP contribution in [0.25, 0.3) is 44.5 Å². The predicted octanol–water partition coefficient (Wildman–Crippen LogP) is 7.92. The average molecular weight is 633 g/mol. The van der Waals surface area contributed by atoms with Gasteiger partial charge in [0.15, 0.2) is 0 Å². The van der Waals surface area contributed by atoms with Gasteiger partial charge in [0.05, 0.1) is 5.58 Å². The Balaban J connectivity index is 0.000000179. The summed E-state index contributed by atoms with van der Waals surface area (Å²) < 4.78 is 6.09. The van der Waals surface area contributed by atoms with Gasteiger partial charge in [-0.3, -0.25) is 0 Å². The van der Waals surface area contributed by atoms with E-state index in [1.807, 2.05) is 48.7 Å². The van der Waals surface area contributed by atoms with E-state index in [2.05, 4.69) is 79.3 Å². The molecule has 4 heteroatoms. The summed E-state index contributed by atoms with van der Waals surface area (Å²) in [6.07, 6.45) is 3.62. The molecule has 3 heterocycles. The number of hydrogen-bond acceptors (Lipinski definition) is 3. The Morgan fingerprint density at radius 2 is 1.43 bits per heavy atom. The fourth-order valence-corrected chi connectivity index (χ4v) is 3.96. The summed E-state index contributed by atoms with van der Waals surface area (Å²) in [6, 6.07) is 32.7. The number of aryl methyl sites for hydroxylation is 3. The average Bonchev–Trinajstić information content (AvgIpc) is 3.22. The van der Waals surface area contributed by atoms with Crippen LogP contribution in [0.3, 0.4) is 0 Å². The van der Waals surface area contributed by atoms with E-state index in [0.717, 1.165) is 44.5 Å². The van der Waals surface area contributed by atoms with Gasteiger partial charge in [0.1, 0.15) is 5.58 Å². The first-order valence-electron chi connectivity index (χ1n) is 11.2. The van der Waals surface area contributed by atoms with E-state index in [0.29, 0.717) is 0 Å². The van der Waals surface area contributed by atoms with Gasteiger partial charge >= 0.3 is 0 Å². The summed E-state index contributed by atoms with van der Waals surface area (Å²) in [6.45, 7) is 6.20. The first-order valence-corrected chi connectivity index (χ1v) is 11.2. The van der Waals surface area contributed by atoms with Gasteiger partial charge in [-0.1, -0.05) is 53.8 Å². The molecule has 3 nitrogen and oxygen atoms in total. The third kappa shape index (κ3) is 5.40. The van der Waals surface area contributed by atoms with Crippen LogP contribution < -0.4 is 0 Å². The summed E-state index contributed by atoms with van der Waals surface area (Å²) >= 11 is 0. The van der Waals surface area contributed by atoms with Gasteiger partial charge in [0, 0.05) is 37.9 Å². The standard InChI is InChI=1S/C19H14NO.C12H10N.Ir/c1-12-6-7-14-15-4-3-5-16(19(15)21-18(14)11-12)17-10-13(2)8-9-20-17;1-10-5-4-6-11(9-10)12-7-2-3-8-13-12;/h3-4,6-11H,1-2H3;2-5,7-9H,1H3;/q2*-1;. The fraction of sp³-hybridized carbons (Fsp3) is 0.0968. The third-order valence-corrected chi connectivity index (χ3v) is 5.66. The molecule has 0 aliphatic heterocycles. The molecular weight excluding hydrogens is 609 g/mol. The molecular formula is C31H24IrN2O-2. The van der Waals surface area contributed by atoms with Crippen molar-refractivity contribution in [3.8, 4) is 22.5 Å². The fourth-order valence-electron chi connectivity index (χ4n) is 3.96. The molecule has 6 rings (SSSR count). The number of benzene rings is 3. The van der Waals surface area contributed by atoms with Crippen molar-refractivity contribution in [2.75, 3.05) is 0 Å². The molecule has 0 aliphatic rings. The summed E-state index contributed by atoms with van der Waals surface area (Å²) in [7, 11) is 0. The third-order valence-electron chi connectivity index (χ3n) is 5.66. The van der Waals surface area contributed by atoms with Crippen LogP contribution in [0.5, 0.6) is 0 Å². The zero-order chi connectivity index (χ0) is 23.5. The van der Waals surface area contributed by atoms with Crippen molar-refractivity contribution < 1.29 is 24.5 Å². The van der Waals surface area contributed by atoms with Crippen molar-refractivity contribution in [3.63, 3.8) is 0 Å². The van der Waals surface area contributed by atoms with Crippen LogP contribution in [-0.2, 0) is 20.1 Å². The van der Waals surface area contributed by atoms with Gasteiger partial charge in [0.2, 0.25) is 0 Å². The summed E-state index contributed by atoms with van der Waals surface area (Å²) in [5, 5.41) is 2.25. The van der Waals surface area contributed by atoms with E-state index >= 15 is 0 Å². The molecule has 0 saturated carbocycles. The van der Waals surface area contributed by atoms with Gasteiger partial charge in [-0.05, 0) is 49.0 Å². The zero-order valence-corrected chi connectivity index (χ0v) is 22.2. The second-order valence-corrected chi connectivity index (χ2v) is 8.41. The number of pyridine rings is 2. The molecule has 3 aromatic heterocycles. The Kier molecular flexibility index (Phi) is 7.55. The first kappa shape index (κ1) is 24.5. The number of aromatic nitrogens is 2. The summed E-state index contributed by atoms with van der Waals surface area (Å²) in [5.74, 6) is 0. The second-order valence-electron chi connectivity index (χ2n) is 8.41. The molecule has 6 aromatic rings. The Bertz CT molecular complexity index is 1590. The number of furan rings is 1. The molecule has 3 aromatic carbocycles. The Labute approximate surface area is 219 Å². The molecule has 0 aliphatic carbocycles. The molecule has 0 spiro atoms. The molecule has 0 atom stereocenters. The van der Waals surface area contributed by atoms with Gasteiger partial charge < -0.3 is 14.4 Å². The molecule has 0 saturated heterocycles. The monoisotopic (exact) mass is 633 g/mol. The molecule has 0 bridgehead atoms. The second kappa shape index (κ2) is 10.8. The van der Waals surface area contributed by atoms with Crippen molar-refractivity contribution in [1.82, 2.24) is 9.97 Å². The molecule has 175 valence electrons. The first-order chi connectivity index (χ1) is 16.6. The quantitative estimate of drug-likeness (QED) is 0.182. The van der Waals surface area contributed by atoms with Crippen LogP contribution in [0, 0.1) is 32.9 Å². The van der Waals surface area contributed by atoms with Crippen LogP contribution >= 0.6 is 0 Å². The summed E-state index contributed by atoms with van der Waals surface area (Å²) in [4.78, 5) is 8.72. The van der Waals surface area contributed by atoms with Crippen LogP contribution in [0.1, 0.15) is 16.7 Å². The van der Waals surface area contributed by atoms with E-state index in [9.17, 15) is 0 Å². The largest absolute Gasteiger partial charge is 0.501 e. The smallest absolute Gasteiger partial charge is 0.121 e. The summed E-state index contributed by atoms with van der Waals surface area (Å²) in [5.41, 5.74) is 9.24. The van der Waals surface area contributed by atoms with Crippen LogP contribution in [0.4, 0.5) is 0 Å². The number of hydrogen-bond donors (Lipinski definition) is 0. The van der Waals surface area contributed by atoms with E-state index in [4.69, 9.17) is 4.42 Å². The van der Waals surface area contributed by atoms with Crippen LogP contribution in [-0.4, -0.2) is 9.97 Å². The molecule has 0 amide bonds. The zero-order valence-electron chi connectivity index (χ0n) is 19.8. The van der Waals surface area contributed by atoms with Crippen LogP contribution in [0.15, 0.2) is 95.7 Å². The van der Waals surface area contributed by atoms with E-state index in [-0.39, 0.29) is 20.1 Å². The Hall–Kier alpha value is -3.59. The predicted molar refractivity (Wildman–Crippen MR) is 139 cm³/mol. The van der Waals surface area contributed by atoms with E-state index < -0.39 is 0 Å². The Morgan fingerprint density at radius 1 is 0.657 bits per heavy atom. The normalized spacial score (nSPS) is 10.5. The number of fused-ring (bicyclic) bond motifs is 3. The van der Waals surface area contributed by atoms with E-state index in [1.54, 1.807) is 6.20 Å². The van der Waals surface area contributed by atoms with Crippen molar-refractivity contribution >= 4 is 21.9 Å². The van der Waals surface area contributed by atoms with Gasteiger partial charge in [-0.25, -0.2) is 0 Å².